The molecule has 0 unspecified atom stereocenters. The van der Waals surface area contributed by atoms with Crippen LogP contribution in [0.4, 0.5) is 0 Å². The van der Waals surface area contributed by atoms with Crippen LogP contribution in [0.3, 0.4) is 0 Å². The fourth-order valence-corrected chi connectivity index (χ4v) is 0.866. The lowest BCUT2D eigenvalue weighted by molar-refractivity contribution is 0.386. The summed E-state index contributed by atoms with van der Waals surface area (Å²) in [4.78, 5) is 0. The molecule has 0 aliphatic carbocycles. The molecule has 52 valence electrons. The first kappa shape index (κ1) is 7.96. The van der Waals surface area contributed by atoms with E-state index in [0.29, 0.717) is 6.04 Å². The van der Waals surface area contributed by atoms with Gasteiger partial charge in [0.15, 0.2) is 0 Å². The van der Waals surface area contributed by atoms with Gasteiger partial charge in [0.05, 0.1) is 0 Å². The summed E-state index contributed by atoms with van der Waals surface area (Å²) in [7, 11) is 0. The Bertz CT molecular complexity index is 63.8. The van der Waals surface area contributed by atoms with Gasteiger partial charge >= 0.3 is 0 Å². The first-order valence-electron chi connectivity index (χ1n) is 3.19. The van der Waals surface area contributed by atoms with E-state index in [2.05, 4.69) is 39.9 Å². The van der Waals surface area contributed by atoms with Crippen molar-refractivity contribution in [2.75, 3.05) is 0 Å². The lowest BCUT2D eigenvalue weighted by Gasteiger charge is -2.23. The quantitative estimate of drug-likeness (QED) is 0.554. The molecule has 0 aromatic rings. The Morgan fingerprint density at radius 2 is 1.62 bits per heavy atom. The zero-order valence-electron chi connectivity index (χ0n) is 6.58. The molecule has 0 radical (unpaired) electrons. The van der Waals surface area contributed by atoms with Crippen molar-refractivity contribution in [3.63, 3.8) is 0 Å². The number of hydrogen-bond donors (Lipinski definition) is 1. The summed E-state index contributed by atoms with van der Waals surface area (Å²) in [6.45, 7) is 10.8. The van der Waals surface area contributed by atoms with Crippen LogP contribution in [0.2, 0.25) is 0 Å². The molecule has 0 rings (SSSR count). The number of nitrogens with one attached hydrogen (secondary N) is 1. The summed E-state index contributed by atoms with van der Waals surface area (Å²) < 4.78 is 0. The second-order valence-corrected chi connectivity index (χ2v) is 3.55. The lowest BCUT2D eigenvalue weighted by atomic mass is 10.1. The summed E-state index contributed by atoms with van der Waals surface area (Å²) in [5.74, 6) is 0. The van der Waals surface area contributed by atoms with Crippen LogP contribution in [-0.2, 0) is 0 Å². The smallest absolute Gasteiger partial charge is 0.00988 e. The van der Waals surface area contributed by atoms with E-state index in [-0.39, 0.29) is 6.97 Å². The average molecular weight is 117 g/mol. The summed E-state index contributed by atoms with van der Waals surface area (Å²) in [5, 5.41) is 3.38. The second-order valence-electron chi connectivity index (χ2n) is 3.55. The molecule has 0 aromatic carbocycles. The van der Waals surface area contributed by atoms with Gasteiger partial charge < -0.3 is 5.32 Å². The SMILES string of the molecule is CC(C)NC(C)(C)C.[HH]. The molecule has 0 aliphatic heterocycles. The second kappa shape index (κ2) is 2.49. The summed E-state index contributed by atoms with van der Waals surface area (Å²) in [6, 6.07) is 0.593. The molecule has 1 heteroatoms. The van der Waals surface area contributed by atoms with Crippen LogP contribution in [0.15, 0.2) is 0 Å². The van der Waals surface area contributed by atoms with Crippen molar-refractivity contribution >= 4 is 0 Å². The monoisotopic (exact) mass is 117 g/mol. The Kier molecular flexibility index (Phi) is 2.48. The zero-order chi connectivity index (χ0) is 6.78. The van der Waals surface area contributed by atoms with Crippen LogP contribution >= 0.6 is 0 Å². The van der Waals surface area contributed by atoms with Gasteiger partial charge in [-0.25, -0.2) is 0 Å². The maximum Gasteiger partial charge on any atom is 0.00988 e. The Morgan fingerprint density at radius 3 is 1.62 bits per heavy atom. The molecule has 1 N–H and O–H groups in total. The van der Waals surface area contributed by atoms with E-state index in [1.807, 2.05) is 0 Å². The molecular formula is C7H19N. The van der Waals surface area contributed by atoms with Gasteiger partial charge in [0, 0.05) is 13.0 Å². The Labute approximate surface area is 54.0 Å². The Balaban J connectivity index is 0. The lowest BCUT2D eigenvalue weighted by Crippen LogP contribution is -2.40. The van der Waals surface area contributed by atoms with Crippen LogP contribution in [0.25, 0.3) is 0 Å². The molecule has 0 atom stereocenters. The Hall–Kier alpha value is -0.0400. The van der Waals surface area contributed by atoms with Crippen molar-refractivity contribution in [1.82, 2.24) is 5.32 Å². The maximum absolute atomic E-state index is 3.38. The van der Waals surface area contributed by atoms with Crippen LogP contribution in [0.5, 0.6) is 0 Å². The molecule has 0 aromatic heterocycles. The standard InChI is InChI=1S/C7H17N.H2/c1-6(2)8-7(3,4)5;/h6,8H,1-5H3;1H. The number of rotatable bonds is 1. The highest BCUT2D eigenvalue weighted by atomic mass is 15.0. The van der Waals surface area contributed by atoms with E-state index >= 15 is 0 Å². The van der Waals surface area contributed by atoms with Gasteiger partial charge in [0.1, 0.15) is 0 Å². The fraction of sp³-hybridized carbons (Fsp3) is 1.00. The van der Waals surface area contributed by atoms with Gasteiger partial charge in [-0.1, -0.05) is 13.8 Å². The minimum Gasteiger partial charge on any atom is -0.310 e. The topological polar surface area (TPSA) is 12.0 Å². The molecule has 0 amide bonds. The minimum absolute atomic E-state index is 0. The third-order valence-electron chi connectivity index (χ3n) is 0.722. The molecule has 0 saturated carbocycles. The normalized spacial score (nSPS) is 12.8. The summed E-state index contributed by atoms with van der Waals surface area (Å²) in [6.07, 6.45) is 0. The van der Waals surface area contributed by atoms with Gasteiger partial charge in [0.2, 0.25) is 0 Å². The van der Waals surface area contributed by atoms with Crippen LogP contribution < -0.4 is 5.32 Å². The predicted molar refractivity (Wildman–Crippen MR) is 40.1 cm³/mol. The van der Waals surface area contributed by atoms with Crippen LogP contribution in [0, 0.1) is 0 Å². The highest BCUT2D eigenvalue weighted by Gasteiger charge is 2.08. The van der Waals surface area contributed by atoms with Gasteiger partial charge in [-0.3, -0.25) is 0 Å². The van der Waals surface area contributed by atoms with Crippen LogP contribution in [0.1, 0.15) is 36.0 Å². The van der Waals surface area contributed by atoms with E-state index < -0.39 is 0 Å². The van der Waals surface area contributed by atoms with E-state index in [0.717, 1.165) is 0 Å². The van der Waals surface area contributed by atoms with Gasteiger partial charge in [-0.2, -0.15) is 0 Å². The highest BCUT2D eigenvalue weighted by Crippen LogP contribution is 1.99. The van der Waals surface area contributed by atoms with E-state index in [9.17, 15) is 0 Å². The molecule has 1 nitrogen and oxygen atoms in total. The highest BCUT2D eigenvalue weighted by molar-refractivity contribution is 4.71. The van der Waals surface area contributed by atoms with Crippen molar-refractivity contribution in [2.45, 2.75) is 46.2 Å². The van der Waals surface area contributed by atoms with Gasteiger partial charge in [0.25, 0.3) is 0 Å². The predicted octanol–water partition coefficient (Wildman–Crippen LogP) is 2.03. The zero-order valence-corrected chi connectivity index (χ0v) is 6.58. The fourth-order valence-electron chi connectivity index (χ4n) is 0.866. The van der Waals surface area contributed by atoms with Gasteiger partial charge in [-0.15, -0.1) is 0 Å². The third kappa shape index (κ3) is 5.96. The Morgan fingerprint density at radius 1 is 1.25 bits per heavy atom. The molecule has 0 bridgehead atoms. The van der Waals surface area contributed by atoms with Crippen molar-refractivity contribution in [3.05, 3.63) is 0 Å². The molecule has 0 fully saturated rings. The first-order valence-corrected chi connectivity index (χ1v) is 3.19. The van der Waals surface area contributed by atoms with Crippen molar-refractivity contribution < 1.29 is 1.43 Å². The number of hydrogen-bond acceptors (Lipinski definition) is 1. The molecular weight excluding hydrogens is 98.1 g/mol. The maximum atomic E-state index is 3.38. The summed E-state index contributed by atoms with van der Waals surface area (Å²) >= 11 is 0. The molecule has 0 spiro atoms. The molecule has 0 saturated heterocycles. The molecule has 0 aliphatic rings. The van der Waals surface area contributed by atoms with Crippen LogP contribution in [-0.4, -0.2) is 11.6 Å². The van der Waals surface area contributed by atoms with E-state index in [1.165, 1.54) is 0 Å². The summed E-state index contributed by atoms with van der Waals surface area (Å²) in [5.41, 5.74) is 0.272. The molecule has 0 heterocycles. The van der Waals surface area contributed by atoms with E-state index in [1.54, 1.807) is 0 Å². The first-order chi connectivity index (χ1) is 3.42. The van der Waals surface area contributed by atoms with Crippen molar-refractivity contribution in [1.29, 1.82) is 0 Å². The molecule has 8 heavy (non-hydrogen) atoms. The average Bonchev–Trinajstić information content (AvgIpc) is 1.21. The van der Waals surface area contributed by atoms with Crippen molar-refractivity contribution in [3.8, 4) is 0 Å². The van der Waals surface area contributed by atoms with Gasteiger partial charge in [-0.05, 0) is 20.8 Å². The minimum atomic E-state index is 0. The van der Waals surface area contributed by atoms with Crippen molar-refractivity contribution in [2.24, 2.45) is 0 Å². The largest absolute Gasteiger partial charge is 0.310 e. The third-order valence-corrected chi connectivity index (χ3v) is 0.722. The van der Waals surface area contributed by atoms with E-state index in [4.69, 9.17) is 0 Å².